The summed E-state index contributed by atoms with van der Waals surface area (Å²) in [5.74, 6) is -0.668. The highest BCUT2D eigenvalue weighted by molar-refractivity contribution is 7.89. The maximum atomic E-state index is 13.6. The van der Waals surface area contributed by atoms with Gasteiger partial charge in [-0.2, -0.15) is 4.31 Å². The number of hydrogen-bond acceptors (Lipinski definition) is 6. The molecule has 0 bridgehead atoms. The quantitative estimate of drug-likeness (QED) is 0.392. The molecule has 0 aliphatic carbocycles. The number of hydrogen-bond donors (Lipinski definition) is 0. The molecule has 0 unspecified atom stereocenters. The summed E-state index contributed by atoms with van der Waals surface area (Å²) in [4.78, 5) is 25.6. The fourth-order valence-corrected chi connectivity index (χ4v) is 6.64. The van der Waals surface area contributed by atoms with E-state index in [9.17, 15) is 17.6 Å². The van der Waals surface area contributed by atoms with E-state index >= 15 is 0 Å². The average molecular weight is 532 g/mol. The number of benzene rings is 2. The van der Waals surface area contributed by atoms with Gasteiger partial charge < -0.3 is 9.80 Å². The lowest BCUT2D eigenvalue weighted by Crippen LogP contribution is -2.59. The monoisotopic (exact) mass is 531 g/mol. The van der Waals surface area contributed by atoms with Crippen LogP contribution in [0.25, 0.3) is 22.0 Å². The maximum Gasteiger partial charge on any atom is 0.243 e. The van der Waals surface area contributed by atoms with E-state index in [1.54, 1.807) is 48.9 Å². The zero-order valence-electron chi connectivity index (χ0n) is 20.6. The van der Waals surface area contributed by atoms with Gasteiger partial charge in [0.2, 0.25) is 15.9 Å². The lowest BCUT2D eigenvalue weighted by atomic mass is 10.0. The molecule has 2 aliphatic rings. The number of halogens is 1. The number of sulfonamides is 1. The molecule has 2 aliphatic heterocycles. The van der Waals surface area contributed by atoms with Gasteiger partial charge in [0.15, 0.2) is 0 Å². The third-order valence-electron chi connectivity index (χ3n) is 7.32. The first kappa shape index (κ1) is 24.4. The number of carbonyl (C=O) groups excluding carboxylic acids is 1. The Labute approximate surface area is 220 Å². The van der Waals surface area contributed by atoms with Gasteiger partial charge in [-0.3, -0.25) is 14.8 Å². The molecule has 4 aromatic rings. The molecule has 6 rings (SSSR count). The highest BCUT2D eigenvalue weighted by Gasteiger charge is 2.42. The minimum atomic E-state index is -3.66. The second kappa shape index (κ2) is 9.77. The molecule has 0 saturated carbocycles. The minimum absolute atomic E-state index is 0.00853. The molecule has 8 nitrogen and oxygen atoms in total. The van der Waals surface area contributed by atoms with E-state index in [2.05, 4.69) is 14.9 Å². The number of piperazine rings is 1. The molecule has 38 heavy (non-hydrogen) atoms. The van der Waals surface area contributed by atoms with Crippen molar-refractivity contribution in [3.05, 3.63) is 85.1 Å². The highest BCUT2D eigenvalue weighted by atomic mass is 32.2. The Morgan fingerprint density at radius 2 is 1.53 bits per heavy atom. The largest absolute Gasteiger partial charge is 0.367 e. The van der Waals surface area contributed by atoms with E-state index in [1.807, 2.05) is 23.1 Å². The van der Waals surface area contributed by atoms with E-state index in [0.29, 0.717) is 31.7 Å². The van der Waals surface area contributed by atoms with Crippen LogP contribution in [0.15, 0.2) is 84.1 Å². The number of pyridine rings is 2. The normalized spacial score (nSPS) is 17.0. The van der Waals surface area contributed by atoms with Gasteiger partial charge >= 0.3 is 0 Å². The molecule has 0 atom stereocenters. The molecule has 0 radical (unpaired) electrons. The van der Waals surface area contributed by atoms with Crippen molar-refractivity contribution in [3.8, 4) is 11.1 Å². The summed E-state index contributed by atoms with van der Waals surface area (Å²) in [6.07, 6.45) is 5.06. The van der Waals surface area contributed by atoms with Crippen LogP contribution in [0.4, 0.5) is 10.1 Å². The second-order valence-corrected chi connectivity index (χ2v) is 11.5. The van der Waals surface area contributed by atoms with Crippen LogP contribution in [0.2, 0.25) is 0 Å². The summed E-state index contributed by atoms with van der Waals surface area (Å²) >= 11 is 0. The van der Waals surface area contributed by atoms with Gasteiger partial charge in [-0.1, -0.05) is 12.1 Å². The molecular weight excluding hydrogens is 505 g/mol. The van der Waals surface area contributed by atoms with Crippen molar-refractivity contribution in [3.63, 3.8) is 0 Å². The Hall–Kier alpha value is -3.89. The van der Waals surface area contributed by atoms with Gasteiger partial charge in [-0.15, -0.1) is 0 Å². The van der Waals surface area contributed by atoms with Crippen LogP contribution in [0.3, 0.4) is 0 Å². The summed E-state index contributed by atoms with van der Waals surface area (Å²) in [5, 5.41) is 0.877. The summed E-state index contributed by atoms with van der Waals surface area (Å²) in [7, 11) is -3.66. The zero-order valence-corrected chi connectivity index (χ0v) is 21.4. The number of fused-ring (bicyclic) bond motifs is 1. The Morgan fingerprint density at radius 1 is 0.842 bits per heavy atom. The zero-order chi connectivity index (χ0) is 26.3. The summed E-state index contributed by atoms with van der Waals surface area (Å²) in [6.45, 7) is 2.75. The Bertz CT molecular complexity index is 1580. The van der Waals surface area contributed by atoms with Crippen molar-refractivity contribution < 1.29 is 17.6 Å². The number of aromatic nitrogens is 2. The molecule has 0 spiro atoms. The van der Waals surface area contributed by atoms with Crippen LogP contribution < -0.4 is 4.90 Å². The second-order valence-electron chi connectivity index (χ2n) is 9.58. The van der Waals surface area contributed by atoms with Crippen LogP contribution in [0.5, 0.6) is 0 Å². The summed E-state index contributed by atoms with van der Waals surface area (Å²) < 4.78 is 41.2. The van der Waals surface area contributed by atoms with Crippen LogP contribution in [-0.4, -0.2) is 72.8 Å². The number of anilines is 1. The molecule has 4 heterocycles. The number of rotatable bonds is 5. The third kappa shape index (κ3) is 4.50. The first-order valence-corrected chi connectivity index (χ1v) is 13.9. The van der Waals surface area contributed by atoms with Crippen LogP contribution in [-0.2, 0) is 14.8 Å². The molecule has 0 N–H and O–H groups in total. The van der Waals surface area contributed by atoms with E-state index in [4.69, 9.17) is 0 Å². The van der Waals surface area contributed by atoms with Crippen molar-refractivity contribution in [1.82, 2.24) is 19.2 Å². The first-order valence-electron chi connectivity index (χ1n) is 12.5. The van der Waals surface area contributed by atoms with E-state index in [1.165, 1.54) is 16.4 Å². The SMILES string of the molecule is O=C(C1CN(S(=O)(=O)c2ccc(-c3ccncc3)cc2)C1)N1CCN(c2ccnc3cc(F)ccc23)CC1. The van der Waals surface area contributed by atoms with Gasteiger partial charge in [0.1, 0.15) is 5.82 Å². The molecule has 194 valence electrons. The van der Waals surface area contributed by atoms with Crippen LogP contribution in [0.1, 0.15) is 0 Å². The number of amides is 1. The van der Waals surface area contributed by atoms with Gasteiger partial charge in [-0.05, 0) is 53.6 Å². The molecule has 1 amide bonds. The fourth-order valence-electron chi connectivity index (χ4n) is 5.11. The van der Waals surface area contributed by atoms with Crippen molar-refractivity contribution >= 4 is 32.5 Å². The molecule has 10 heteroatoms. The molecule has 2 saturated heterocycles. The summed E-state index contributed by atoms with van der Waals surface area (Å²) in [6, 6.07) is 17.0. The maximum absolute atomic E-state index is 13.6. The third-order valence-corrected chi connectivity index (χ3v) is 9.16. The molecule has 2 aromatic carbocycles. The Morgan fingerprint density at radius 3 is 2.24 bits per heavy atom. The van der Waals surface area contributed by atoms with E-state index in [-0.39, 0.29) is 35.6 Å². The summed E-state index contributed by atoms with van der Waals surface area (Å²) in [5.41, 5.74) is 3.44. The smallest absolute Gasteiger partial charge is 0.243 e. The number of carbonyl (C=O) groups is 1. The van der Waals surface area contributed by atoms with Crippen molar-refractivity contribution in [1.29, 1.82) is 0 Å². The molecule has 2 fully saturated rings. The lowest BCUT2D eigenvalue weighted by molar-refractivity contribution is -0.139. The Kier molecular flexibility index (Phi) is 6.29. The van der Waals surface area contributed by atoms with Crippen LogP contribution in [0, 0.1) is 11.7 Å². The van der Waals surface area contributed by atoms with Crippen molar-refractivity contribution in [2.45, 2.75) is 4.90 Å². The van der Waals surface area contributed by atoms with E-state index in [0.717, 1.165) is 22.2 Å². The predicted octanol–water partition coefficient (Wildman–Crippen LogP) is 3.41. The number of nitrogens with zero attached hydrogens (tertiary/aromatic N) is 5. The highest BCUT2D eigenvalue weighted by Crippen LogP contribution is 2.30. The molecule has 2 aromatic heterocycles. The van der Waals surface area contributed by atoms with Gasteiger partial charge in [0.05, 0.1) is 16.3 Å². The van der Waals surface area contributed by atoms with Crippen LogP contribution >= 0.6 is 0 Å². The standard InChI is InChI=1S/C28H26FN5O3S/c29-23-3-6-25-26(17-23)31-12-9-27(25)32-13-15-33(16-14-32)28(35)22-18-34(19-22)38(36,37)24-4-1-20(2-5-24)21-7-10-30-11-8-21/h1-12,17,22H,13-16,18-19H2. The average Bonchev–Trinajstić information content (AvgIpc) is 2.92. The molecular formula is C28H26FN5O3S. The minimum Gasteiger partial charge on any atom is -0.367 e. The van der Waals surface area contributed by atoms with Crippen molar-refractivity contribution in [2.24, 2.45) is 5.92 Å². The lowest BCUT2D eigenvalue weighted by Gasteiger charge is -2.42. The van der Waals surface area contributed by atoms with E-state index < -0.39 is 10.0 Å². The van der Waals surface area contributed by atoms with Gasteiger partial charge in [-0.25, -0.2) is 12.8 Å². The first-order chi connectivity index (χ1) is 18.4. The van der Waals surface area contributed by atoms with Crippen molar-refractivity contribution in [2.75, 3.05) is 44.2 Å². The fraction of sp³-hybridized carbons (Fsp3) is 0.250. The van der Waals surface area contributed by atoms with Gasteiger partial charge in [0.25, 0.3) is 0 Å². The Balaban J connectivity index is 1.06. The van der Waals surface area contributed by atoms with Gasteiger partial charge in [0, 0.05) is 75.0 Å². The predicted molar refractivity (Wildman–Crippen MR) is 142 cm³/mol. The topological polar surface area (TPSA) is 86.7 Å².